The number of carbonyl (C=O) groups excluding carboxylic acids is 1. The second-order valence-corrected chi connectivity index (χ2v) is 14.2. The fourth-order valence-corrected chi connectivity index (χ4v) is 8.38. The van der Waals surface area contributed by atoms with Crippen LogP contribution in [0.15, 0.2) is 40.9 Å². The van der Waals surface area contributed by atoms with Gasteiger partial charge in [-0.15, -0.1) is 11.3 Å². The van der Waals surface area contributed by atoms with E-state index in [0.29, 0.717) is 54.8 Å². The summed E-state index contributed by atoms with van der Waals surface area (Å²) >= 11 is 1.23. The first-order chi connectivity index (χ1) is 20.1. The summed E-state index contributed by atoms with van der Waals surface area (Å²) in [6.45, 7) is 9.43. The zero-order chi connectivity index (χ0) is 29.6. The highest BCUT2D eigenvalue weighted by Gasteiger charge is 2.51. The zero-order valence-electron chi connectivity index (χ0n) is 23.7. The molecule has 2 fully saturated rings. The van der Waals surface area contributed by atoms with Gasteiger partial charge in [0, 0.05) is 40.9 Å². The molecule has 0 spiro atoms. The third kappa shape index (κ3) is 5.61. The highest BCUT2D eigenvalue weighted by Crippen LogP contribution is 2.49. The van der Waals surface area contributed by atoms with Gasteiger partial charge in [0.25, 0.3) is 0 Å². The van der Waals surface area contributed by atoms with Crippen molar-refractivity contribution in [1.82, 2.24) is 25.1 Å². The lowest BCUT2D eigenvalue weighted by Gasteiger charge is -2.34. The number of ether oxygens (including phenoxy) is 1. The molecule has 2 amide bonds. The monoisotopic (exact) mass is 608 g/mol. The molecule has 1 aromatic carbocycles. The van der Waals surface area contributed by atoms with E-state index >= 15 is 0 Å². The third-order valence-electron chi connectivity index (χ3n) is 7.64. The Hall–Kier alpha value is -3.88. The quantitative estimate of drug-likeness (QED) is 0.276. The Morgan fingerprint density at radius 3 is 2.55 bits per heavy atom. The number of H-pyrrole nitrogens is 1. The Bertz CT molecular complexity index is 1720. The topological polar surface area (TPSA) is 155 Å². The number of aromatic amines is 1. The van der Waals surface area contributed by atoms with Crippen molar-refractivity contribution in [2.24, 2.45) is 0 Å². The van der Waals surface area contributed by atoms with Crippen LogP contribution in [0.25, 0.3) is 11.4 Å². The lowest BCUT2D eigenvalue weighted by atomic mass is 10.1. The zero-order valence-corrected chi connectivity index (χ0v) is 25.3. The smallest absolute Gasteiger partial charge is 0.323 e. The number of rotatable bonds is 7. The van der Waals surface area contributed by atoms with E-state index in [1.807, 2.05) is 32.0 Å². The molecule has 12 nitrogen and oxygen atoms in total. The van der Waals surface area contributed by atoms with Gasteiger partial charge in [0.1, 0.15) is 5.82 Å². The lowest BCUT2D eigenvalue weighted by molar-refractivity contribution is 0.0985. The van der Waals surface area contributed by atoms with Gasteiger partial charge in [0.15, 0.2) is 5.82 Å². The summed E-state index contributed by atoms with van der Waals surface area (Å²) in [4.78, 5) is 29.6. The van der Waals surface area contributed by atoms with Crippen LogP contribution in [0.3, 0.4) is 0 Å². The Balaban J connectivity index is 1.27. The molecule has 4 heterocycles. The van der Waals surface area contributed by atoms with Gasteiger partial charge in [-0.05, 0) is 58.4 Å². The highest BCUT2D eigenvalue weighted by molar-refractivity contribution is 7.94. The molecular formula is C28H32N8O4S2. The van der Waals surface area contributed by atoms with Crippen molar-refractivity contribution < 1.29 is 17.9 Å². The number of anilines is 3. The van der Waals surface area contributed by atoms with Crippen molar-refractivity contribution >= 4 is 44.4 Å². The van der Waals surface area contributed by atoms with Crippen molar-refractivity contribution in [3.63, 3.8) is 0 Å². The largest absolute Gasteiger partial charge is 0.377 e. The van der Waals surface area contributed by atoms with Gasteiger partial charge in [0.2, 0.25) is 14.2 Å². The molecule has 42 heavy (non-hydrogen) atoms. The highest BCUT2D eigenvalue weighted by atomic mass is 32.2. The number of carbonyl (C=O) groups is 1. The maximum Gasteiger partial charge on any atom is 0.323 e. The number of hydrogen-bond acceptors (Lipinski definition) is 10. The van der Waals surface area contributed by atoms with Crippen molar-refractivity contribution in [3.8, 4) is 11.4 Å². The van der Waals surface area contributed by atoms with Crippen LogP contribution in [0.1, 0.15) is 41.2 Å². The number of nitrogens with zero attached hydrogens (tertiary/aromatic N) is 5. The van der Waals surface area contributed by atoms with Gasteiger partial charge in [-0.2, -0.15) is 5.10 Å². The molecule has 2 aliphatic rings. The number of aryl methyl sites for hydroxylation is 3. The van der Waals surface area contributed by atoms with Gasteiger partial charge >= 0.3 is 6.03 Å². The number of thiazole rings is 1. The fourth-order valence-electron chi connectivity index (χ4n) is 4.98. The van der Waals surface area contributed by atoms with Crippen LogP contribution < -0.4 is 15.5 Å². The Kier molecular flexibility index (Phi) is 7.45. The van der Waals surface area contributed by atoms with E-state index in [4.69, 9.17) is 14.7 Å². The van der Waals surface area contributed by atoms with E-state index in [-0.39, 0.29) is 22.3 Å². The molecule has 3 atom stereocenters. The summed E-state index contributed by atoms with van der Waals surface area (Å²) in [5.41, 5.74) is 4.07. The Morgan fingerprint density at radius 1 is 1.10 bits per heavy atom. The summed E-state index contributed by atoms with van der Waals surface area (Å²) in [7, 11) is -3.57. The molecule has 1 saturated heterocycles. The molecule has 0 radical (unpaired) electrons. The Morgan fingerprint density at radius 2 is 1.88 bits per heavy atom. The van der Waals surface area contributed by atoms with Crippen molar-refractivity contribution in [1.29, 1.82) is 0 Å². The van der Waals surface area contributed by atoms with Crippen molar-refractivity contribution in [2.75, 3.05) is 35.3 Å². The summed E-state index contributed by atoms with van der Waals surface area (Å²) in [6.07, 6.45) is 2.10. The van der Waals surface area contributed by atoms with Crippen molar-refractivity contribution in [2.45, 2.75) is 55.7 Å². The predicted molar refractivity (Wildman–Crippen MR) is 161 cm³/mol. The molecule has 4 aromatic rings. The number of urea groups is 1. The van der Waals surface area contributed by atoms with E-state index in [1.165, 1.54) is 11.3 Å². The van der Waals surface area contributed by atoms with E-state index in [0.717, 1.165) is 22.0 Å². The number of sulfone groups is 1. The molecule has 2 unspecified atom stereocenters. The second-order valence-electron chi connectivity index (χ2n) is 10.7. The average Bonchev–Trinajstić information content (AvgIpc) is 3.59. The van der Waals surface area contributed by atoms with Crippen molar-refractivity contribution in [3.05, 3.63) is 58.5 Å². The van der Waals surface area contributed by atoms with Crippen LogP contribution in [-0.2, 0) is 14.6 Å². The molecule has 1 aliphatic heterocycles. The maximum atomic E-state index is 13.4. The first-order valence-corrected chi connectivity index (χ1v) is 16.1. The molecule has 3 aromatic heterocycles. The van der Waals surface area contributed by atoms with E-state index in [2.05, 4.69) is 37.6 Å². The summed E-state index contributed by atoms with van der Waals surface area (Å²) in [5.74, 6) is 0.995. The number of benzene rings is 1. The van der Waals surface area contributed by atoms with Crippen LogP contribution in [0.5, 0.6) is 0 Å². The summed E-state index contributed by atoms with van der Waals surface area (Å²) in [5, 5.41) is 11.7. The number of aromatic nitrogens is 5. The standard InChI is InChI=1S/C28H32N8O4S2/c1-15-14-40-10-9-36(15)25-12-22(21-11-24(21)42(38,39)28-30-16(2)18(4)41-28)32-26(34-25)19-5-7-20(8-6-19)31-27(37)33-23-13-29-35-17(23)3/h5-8,12-13,15,21,24H,9-11,14H2,1-4H3,(H,29,35)(H2,31,33,37)/t15-,21?,24?/m0/s1. The summed E-state index contributed by atoms with van der Waals surface area (Å²) < 4.78 is 32.6. The minimum absolute atomic E-state index is 0.110. The molecule has 0 bridgehead atoms. The number of morpholine rings is 1. The minimum Gasteiger partial charge on any atom is -0.377 e. The molecule has 3 N–H and O–H groups in total. The maximum absolute atomic E-state index is 13.4. The van der Waals surface area contributed by atoms with Gasteiger partial charge in [-0.1, -0.05) is 0 Å². The normalized spacial score (nSPS) is 20.4. The SMILES string of the molecule is Cc1n[nH]cc1NC(=O)Nc1ccc(-c2nc(C3CC3S(=O)(=O)c3nc(C)c(C)s3)cc(N3CCOC[C@@H]3C)n2)cc1. The van der Waals surface area contributed by atoms with Crippen LogP contribution in [-0.4, -0.2) is 70.6 Å². The number of amides is 2. The minimum atomic E-state index is -3.57. The molecule has 6 rings (SSSR count). The average molecular weight is 609 g/mol. The van der Waals surface area contributed by atoms with Gasteiger partial charge < -0.3 is 20.3 Å². The predicted octanol–water partition coefficient (Wildman–Crippen LogP) is 4.45. The first-order valence-electron chi connectivity index (χ1n) is 13.7. The summed E-state index contributed by atoms with van der Waals surface area (Å²) in [6, 6.07) is 8.88. The molecule has 1 saturated carbocycles. The number of hydrogen-bond donors (Lipinski definition) is 3. The first kappa shape index (κ1) is 28.2. The van der Waals surface area contributed by atoms with Crippen LogP contribution in [0, 0.1) is 20.8 Å². The lowest BCUT2D eigenvalue weighted by Crippen LogP contribution is -2.44. The van der Waals surface area contributed by atoms with E-state index in [1.54, 1.807) is 25.3 Å². The Labute approximate surface area is 247 Å². The third-order valence-corrected chi connectivity index (χ3v) is 11.3. The molecule has 14 heteroatoms. The fraction of sp³-hybridized carbons (Fsp3) is 0.393. The van der Waals surface area contributed by atoms with Crippen LogP contribution in [0.4, 0.5) is 22.0 Å². The molecular weight excluding hydrogens is 576 g/mol. The second kappa shape index (κ2) is 11.1. The molecule has 1 aliphatic carbocycles. The number of nitrogens with one attached hydrogen (secondary N) is 3. The van der Waals surface area contributed by atoms with Crippen LogP contribution >= 0.6 is 11.3 Å². The molecule has 220 valence electrons. The van der Waals surface area contributed by atoms with E-state index in [9.17, 15) is 13.2 Å². The van der Waals surface area contributed by atoms with Gasteiger partial charge in [-0.3, -0.25) is 5.10 Å². The van der Waals surface area contributed by atoms with E-state index < -0.39 is 15.1 Å². The van der Waals surface area contributed by atoms with Gasteiger partial charge in [0.05, 0.1) is 47.3 Å². The van der Waals surface area contributed by atoms with Gasteiger partial charge in [-0.25, -0.2) is 28.2 Å². The van der Waals surface area contributed by atoms with Crippen LogP contribution in [0.2, 0.25) is 0 Å².